The molecule has 4 aromatic carbocycles. The Morgan fingerprint density at radius 1 is 0.688 bits per heavy atom. The summed E-state index contributed by atoms with van der Waals surface area (Å²) in [5.41, 5.74) is 1.13. The fraction of sp³-hybridized carbons (Fsp3) is 0.107. The van der Waals surface area contributed by atoms with Crippen molar-refractivity contribution in [3.63, 3.8) is 0 Å². The molecule has 0 radical (unpaired) electrons. The lowest BCUT2D eigenvalue weighted by atomic mass is 10.2. The molecule has 0 atom stereocenters. The van der Waals surface area contributed by atoms with Crippen LogP contribution in [0.25, 0.3) is 0 Å². The normalized spacial score (nSPS) is 11.1. The van der Waals surface area contributed by atoms with Gasteiger partial charge in [0.25, 0.3) is 0 Å². The number of hydrogen-bond donors (Lipinski definition) is 0. The van der Waals surface area contributed by atoms with Crippen LogP contribution in [0.1, 0.15) is 12.5 Å². The van der Waals surface area contributed by atoms with E-state index in [4.69, 9.17) is 9.47 Å². The van der Waals surface area contributed by atoms with E-state index >= 15 is 0 Å². The zero-order valence-electron chi connectivity index (χ0n) is 18.3. The number of hydrogen-bond acceptors (Lipinski definition) is 3. The fourth-order valence-corrected chi connectivity index (χ4v) is 8.32. The summed E-state index contributed by atoms with van der Waals surface area (Å²) in [6.45, 7) is 1.39. The Hall–Kier alpha value is -3.42. The van der Waals surface area contributed by atoms with Crippen molar-refractivity contribution in [2.24, 2.45) is 0 Å². The summed E-state index contributed by atoms with van der Waals surface area (Å²) in [6, 6.07) is 38.1. The molecule has 4 rings (SSSR count). The molecule has 3 nitrogen and oxygen atoms in total. The average molecular weight is 441 g/mol. The molecule has 0 N–H and O–H groups in total. The van der Waals surface area contributed by atoms with E-state index in [2.05, 4.69) is 91.0 Å². The van der Waals surface area contributed by atoms with Crippen molar-refractivity contribution < 1.29 is 14.3 Å². The lowest BCUT2D eigenvalue weighted by Gasteiger charge is -2.28. The summed E-state index contributed by atoms with van der Waals surface area (Å²) in [5, 5.41) is 3.96. The van der Waals surface area contributed by atoms with Gasteiger partial charge in [0.15, 0.2) is 11.5 Å². The van der Waals surface area contributed by atoms with Crippen LogP contribution in [0, 0.1) is 0 Å². The second kappa shape index (κ2) is 9.80. The van der Waals surface area contributed by atoms with Crippen molar-refractivity contribution in [2.45, 2.75) is 13.1 Å². The molecule has 4 heteroatoms. The van der Waals surface area contributed by atoms with Gasteiger partial charge >= 0.3 is 5.97 Å². The van der Waals surface area contributed by atoms with Gasteiger partial charge in [-0.1, -0.05) is 60.7 Å². The van der Waals surface area contributed by atoms with Gasteiger partial charge in [-0.2, -0.15) is 0 Å². The largest absolute Gasteiger partial charge is 0.493 e. The quantitative estimate of drug-likeness (QED) is 0.227. The third-order valence-electron chi connectivity index (χ3n) is 5.49. The van der Waals surface area contributed by atoms with Crippen LogP contribution in [0.15, 0.2) is 109 Å². The number of esters is 1. The molecule has 0 amide bonds. The van der Waals surface area contributed by atoms with Crippen LogP contribution >= 0.6 is 7.26 Å². The van der Waals surface area contributed by atoms with Crippen LogP contribution in [-0.4, -0.2) is 13.1 Å². The monoisotopic (exact) mass is 441 g/mol. The molecule has 0 aliphatic carbocycles. The molecule has 4 aromatic rings. The molecule has 32 heavy (non-hydrogen) atoms. The van der Waals surface area contributed by atoms with Crippen molar-refractivity contribution in [1.29, 1.82) is 0 Å². The first kappa shape index (κ1) is 21.8. The first-order valence-corrected chi connectivity index (χ1v) is 12.5. The average Bonchev–Trinajstić information content (AvgIpc) is 2.84. The maximum Gasteiger partial charge on any atom is 0.308 e. The highest BCUT2D eigenvalue weighted by Gasteiger charge is 2.45. The summed E-state index contributed by atoms with van der Waals surface area (Å²) >= 11 is 0. The van der Waals surface area contributed by atoms with Crippen molar-refractivity contribution in [3.05, 3.63) is 115 Å². The van der Waals surface area contributed by atoms with Gasteiger partial charge in [0.05, 0.1) is 13.3 Å². The van der Waals surface area contributed by atoms with Gasteiger partial charge in [-0.15, -0.1) is 0 Å². The van der Waals surface area contributed by atoms with Crippen molar-refractivity contribution in [1.82, 2.24) is 0 Å². The highest BCUT2D eigenvalue weighted by atomic mass is 31.2. The Kier molecular flexibility index (Phi) is 6.68. The number of ether oxygens (including phenoxy) is 2. The van der Waals surface area contributed by atoms with Crippen LogP contribution in [0.4, 0.5) is 0 Å². The Labute approximate surface area is 190 Å². The molecule has 0 fully saturated rings. The number of carbonyl (C=O) groups excluding carboxylic acids is 1. The summed E-state index contributed by atoms with van der Waals surface area (Å²) in [7, 11) is -0.414. The van der Waals surface area contributed by atoms with E-state index in [1.807, 2.05) is 18.2 Å². The van der Waals surface area contributed by atoms with E-state index < -0.39 is 7.26 Å². The van der Waals surface area contributed by atoms with Crippen LogP contribution in [0.3, 0.4) is 0 Å². The minimum Gasteiger partial charge on any atom is -0.493 e. The fourth-order valence-electron chi connectivity index (χ4n) is 4.09. The molecule has 0 unspecified atom stereocenters. The number of methoxy groups -OCH3 is 1. The molecule has 160 valence electrons. The summed E-state index contributed by atoms with van der Waals surface area (Å²) in [5.74, 6) is 0.632. The molecule has 0 saturated heterocycles. The zero-order valence-corrected chi connectivity index (χ0v) is 19.2. The number of carbonyl (C=O) groups is 1. The summed E-state index contributed by atoms with van der Waals surface area (Å²) in [6.07, 6.45) is 0.821. The lowest BCUT2D eigenvalue weighted by Crippen LogP contribution is -2.32. The van der Waals surface area contributed by atoms with E-state index in [-0.39, 0.29) is 5.97 Å². The molecule has 0 heterocycles. The maximum absolute atomic E-state index is 11.5. The molecule has 0 aliphatic rings. The molecule has 0 aliphatic heterocycles. The van der Waals surface area contributed by atoms with Gasteiger partial charge in [0.2, 0.25) is 0 Å². The second-order valence-electron chi connectivity index (χ2n) is 7.55. The van der Waals surface area contributed by atoms with Gasteiger partial charge in [0.1, 0.15) is 23.2 Å². The minimum atomic E-state index is -2.01. The number of rotatable bonds is 7. The predicted octanol–water partition coefficient (Wildman–Crippen LogP) is 5.11. The van der Waals surface area contributed by atoms with Gasteiger partial charge < -0.3 is 9.47 Å². The Balaban J connectivity index is 1.92. The van der Waals surface area contributed by atoms with E-state index in [9.17, 15) is 4.79 Å². The summed E-state index contributed by atoms with van der Waals surface area (Å²) in [4.78, 5) is 11.5. The Morgan fingerprint density at radius 3 is 1.56 bits per heavy atom. The third kappa shape index (κ3) is 4.44. The predicted molar refractivity (Wildman–Crippen MR) is 133 cm³/mol. The molecular formula is C28H26O3P+. The Morgan fingerprint density at radius 2 is 1.16 bits per heavy atom. The van der Waals surface area contributed by atoms with Gasteiger partial charge in [-0.3, -0.25) is 4.79 Å². The van der Waals surface area contributed by atoms with E-state index in [0.29, 0.717) is 11.5 Å². The van der Waals surface area contributed by atoms with E-state index in [0.717, 1.165) is 11.7 Å². The highest BCUT2D eigenvalue weighted by molar-refractivity contribution is 7.95. The first-order valence-electron chi connectivity index (χ1n) is 10.5. The van der Waals surface area contributed by atoms with Crippen LogP contribution < -0.4 is 25.4 Å². The third-order valence-corrected chi connectivity index (χ3v) is 9.87. The van der Waals surface area contributed by atoms with Gasteiger partial charge in [-0.25, -0.2) is 0 Å². The number of benzene rings is 4. The topological polar surface area (TPSA) is 35.5 Å². The van der Waals surface area contributed by atoms with E-state index in [1.54, 1.807) is 7.11 Å². The molecule has 0 saturated carbocycles. The lowest BCUT2D eigenvalue weighted by molar-refractivity contribution is -0.132. The molecule has 0 aromatic heterocycles. The van der Waals surface area contributed by atoms with Crippen molar-refractivity contribution in [3.8, 4) is 11.5 Å². The van der Waals surface area contributed by atoms with Crippen molar-refractivity contribution in [2.75, 3.05) is 7.11 Å². The molecular weight excluding hydrogens is 415 g/mol. The smallest absolute Gasteiger partial charge is 0.308 e. The summed E-state index contributed by atoms with van der Waals surface area (Å²) < 4.78 is 10.9. The second-order valence-corrected chi connectivity index (χ2v) is 11.0. The van der Waals surface area contributed by atoms with Crippen LogP contribution in [0.5, 0.6) is 11.5 Å². The first-order chi connectivity index (χ1) is 15.6. The van der Waals surface area contributed by atoms with Crippen molar-refractivity contribution >= 4 is 29.1 Å². The van der Waals surface area contributed by atoms with Crippen LogP contribution in [0.2, 0.25) is 0 Å². The Bertz CT molecular complexity index is 1080. The van der Waals surface area contributed by atoms with Gasteiger partial charge in [0, 0.05) is 6.92 Å². The standard InChI is InChI=1S/C28H26O3P/c1-22(29)31-27-19-18-23(20-28(27)30-2)21-32(24-12-6-3-7-13-24,25-14-8-4-9-15-25)26-16-10-5-11-17-26/h3-20H,21H2,1-2H3/q+1. The zero-order chi connectivity index (χ0) is 22.4. The SMILES string of the molecule is COc1cc(C[P+](c2ccccc2)(c2ccccc2)c2ccccc2)ccc1OC(C)=O. The van der Waals surface area contributed by atoms with Gasteiger partial charge in [-0.05, 0) is 54.1 Å². The van der Waals surface area contributed by atoms with E-state index in [1.165, 1.54) is 22.8 Å². The minimum absolute atomic E-state index is 0.365. The molecule has 0 bridgehead atoms. The van der Waals surface area contributed by atoms with Crippen LogP contribution in [-0.2, 0) is 11.0 Å². The highest BCUT2D eigenvalue weighted by Crippen LogP contribution is 2.58. The maximum atomic E-state index is 11.5. The molecule has 0 spiro atoms.